The molecule has 1 heterocycles. The fraction of sp³-hybridized carbons (Fsp3) is 0.900. The summed E-state index contributed by atoms with van der Waals surface area (Å²) in [6.45, 7) is 2.04. The third kappa shape index (κ3) is 4.33. The van der Waals surface area contributed by atoms with E-state index in [2.05, 4.69) is 10.1 Å². The summed E-state index contributed by atoms with van der Waals surface area (Å²) >= 11 is 2.01. The predicted molar refractivity (Wildman–Crippen MR) is 59.6 cm³/mol. The molecule has 3 nitrogen and oxygen atoms in total. The van der Waals surface area contributed by atoms with Gasteiger partial charge in [0, 0.05) is 12.1 Å². The number of carbonyl (C=O) groups is 1. The van der Waals surface area contributed by atoms with Gasteiger partial charge in [-0.15, -0.1) is 0 Å². The van der Waals surface area contributed by atoms with Crippen LogP contribution in [0.5, 0.6) is 0 Å². The molecule has 1 aliphatic rings. The van der Waals surface area contributed by atoms with Crippen molar-refractivity contribution in [2.75, 3.05) is 18.6 Å². The van der Waals surface area contributed by atoms with Crippen LogP contribution in [-0.4, -0.2) is 36.7 Å². The molecule has 1 fully saturated rings. The summed E-state index contributed by atoms with van der Waals surface area (Å²) in [6, 6.07) is 0.825. The van der Waals surface area contributed by atoms with E-state index in [0.717, 1.165) is 0 Å². The summed E-state index contributed by atoms with van der Waals surface area (Å²) in [4.78, 5) is 11.0. The number of rotatable bonds is 4. The first-order valence-corrected chi connectivity index (χ1v) is 6.28. The first-order valence-electron chi connectivity index (χ1n) is 5.13. The van der Waals surface area contributed by atoms with Gasteiger partial charge in [-0.3, -0.25) is 4.79 Å². The summed E-state index contributed by atoms with van der Waals surface area (Å²) in [7, 11) is 1.44. The molecule has 1 N–H and O–H groups in total. The van der Waals surface area contributed by atoms with E-state index in [1.807, 2.05) is 18.7 Å². The third-order valence-electron chi connectivity index (χ3n) is 2.44. The molecular formula is C10H19NO2S. The quantitative estimate of drug-likeness (QED) is 0.723. The summed E-state index contributed by atoms with van der Waals surface area (Å²) in [5, 5.41) is 3.47. The van der Waals surface area contributed by atoms with Gasteiger partial charge in [0.25, 0.3) is 0 Å². The van der Waals surface area contributed by atoms with Crippen molar-refractivity contribution in [1.82, 2.24) is 5.32 Å². The van der Waals surface area contributed by atoms with Crippen LogP contribution in [0.25, 0.3) is 0 Å². The minimum atomic E-state index is -0.129. The predicted octanol–water partition coefficient (Wildman–Crippen LogP) is 1.42. The van der Waals surface area contributed by atoms with Crippen molar-refractivity contribution < 1.29 is 9.53 Å². The van der Waals surface area contributed by atoms with Crippen LogP contribution in [0.2, 0.25) is 0 Å². The van der Waals surface area contributed by atoms with E-state index in [4.69, 9.17) is 0 Å². The van der Waals surface area contributed by atoms with Gasteiger partial charge in [-0.25, -0.2) is 0 Å². The van der Waals surface area contributed by atoms with Gasteiger partial charge in [0.2, 0.25) is 0 Å². The van der Waals surface area contributed by atoms with Crippen LogP contribution in [0, 0.1) is 0 Å². The average molecular weight is 217 g/mol. The van der Waals surface area contributed by atoms with E-state index in [1.54, 1.807) is 0 Å². The normalized spacial score (nSPS) is 20.4. The molecule has 1 unspecified atom stereocenters. The Morgan fingerprint density at radius 2 is 2.21 bits per heavy atom. The highest BCUT2D eigenvalue weighted by atomic mass is 32.2. The van der Waals surface area contributed by atoms with Crippen LogP contribution in [0.4, 0.5) is 0 Å². The molecule has 0 aromatic heterocycles. The van der Waals surface area contributed by atoms with Crippen LogP contribution in [0.3, 0.4) is 0 Å². The van der Waals surface area contributed by atoms with E-state index >= 15 is 0 Å². The lowest BCUT2D eigenvalue weighted by Gasteiger charge is -2.25. The number of hydrogen-bond acceptors (Lipinski definition) is 4. The van der Waals surface area contributed by atoms with Crippen LogP contribution in [-0.2, 0) is 9.53 Å². The molecule has 14 heavy (non-hydrogen) atoms. The maximum Gasteiger partial charge on any atom is 0.307 e. The van der Waals surface area contributed by atoms with Crippen molar-refractivity contribution in [1.29, 1.82) is 0 Å². The lowest BCUT2D eigenvalue weighted by molar-refractivity contribution is -0.141. The fourth-order valence-corrected chi connectivity index (χ4v) is 2.77. The second-order valence-corrected chi connectivity index (χ2v) is 4.96. The zero-order valence-corrected chi connectivity index (χ0v) is 9.73. The second kappa shape index (κ2) is 6.30. The fourth-order valence-electron chi connectivity index (χ4n) is 1.66. The van der Waals surface area contributed by atoms with Gasteiger partial charge in [0.1, 0.15) is 0 Å². The van der Waals surface area contributed by atoms with Crippen molar-refractivity contribution in [3.63, 3.8) is 0 Å². The molecule has 1 saturated heterocycles. The Balaban J connectivity index is 2.18. The number of methoxy groups -OCH3 is 1. The van der Waals surface area contributed by atoms with Crippen LogP contribution < -0.4 is 5.32 Å². The van der Waals surface area contributed by atoms with Crippen molar-refractivity contribution in [2.24, 2.45) is 0 Å². The number of carbonyl (C=O) groups excluding carboxylic acids is 1. The Bertz CT molecular complexity index is 181. The van der Waals surface area contributed by atoms with Gasteiger partial charge in [-0.2, -0.15) is 11.8 Å². The van der Waals surface area contributed by atoms with E-state index in [1.165, 1.54) is 31.5 Å². The number of ether oxygens (including phenoxy) is 1. The van der Waals surface area contributed by atoms with Crippen molar-refractivity contribution in [2.45, 2.75) is 38.3 Å². The maximum absolute atomic E-state index is 11.0. The Labute approximate surface area is 90.0 Å². The molecule has 0 amide bonds. The monoisotopic (exact) mass is 217 g/mol. The lowest BCUT2D eigenvalue weighted by Crippen LogP contribution is -2.40. The number of hydrogen-bond donors (Lipinski definition) is 1. The highest BCUT2D eigenvalue weighted by molar-refractivity contribution is 7.99. The summed E-state index contributed by atoms with van der Waals surface area (Å²) in [5.74, 6) is 2.35. The summed E-state index contributed by atoms with van der Waals surface area (Å²) in [6.07, 6.45) is 2.91. The van der Waals surface area contributed by atoms with Gasteiger partial charge in [-0.1, -0.05) is 0 Å². The van der Waals surface area contributed by atoms with E-state index in [-0.39, 0.29) is 12.0 Å². The highest BCUT2D eigenvalue weighted by Crippen LogP contribution is 2.17. The van der Waals surface area contributed by atoms with Crippen molar-refractivity contribution >= 4 is 17.7 Å². The highest BCUT2D eigenvalue weighted by Gasteiger charge is 2.17. The SMILES string of the molecule is COC(=O)CC(C)NC1CCSCC1. The standard InChI is InChI=1S/C10H19NO2S/c1-8(7-10(12)13-2)11-9-3-5-14-6-4-9/h8-9,11H,3-7H2,1-2H3. The molecular weight excluding hydrogens is 198 g/mol. The largest absolute Gasteiger partial charge is 0.469 e. The van der Waals surface area contributed by atoms with Crippen molar-refractivity contribution in [3.05, 3.63) is 0 Å². The van der Waals surface area contributed by atoms with Crippen molar-refractivity contribution in [3.8, 4) is 0 Å². The Morgan fingerprint density at radius 1 is 1.57 bits per heavy atom. The second-order valence-electron chi connectivity index (χ2n) is 3.73. The van der Waals surface area contributed by atoms with Gasteiger partial charge in [0.05, 0.1) is 13.5 Å². The molecule has 0 saturated carbocycles. The molecule has 1 rings (SSSR count). The first-order chi connectivity index (χ1) is 6.72. The van der Waals surface area contributed by atoms with Gasteiger partial charge in [0.15, 0.2) is 0 Å². The smallest absolute Gasteiger partial charge is 0.307 e. The van der Waals surface area contributed by atoms with Crippen LogP contribution in [0.1, 0.15) is 26.2 Å². The first kappa shape index (κ1) is 11.9. The van der Waals surface area contributed by atoms with Gasteiger partial charge < -0.3 is 10.1 Å². The maximum atomic E-state index is 11.0. The molecule has 1 aliphatic heterocycles. The Morgan fingerprint density at radius 3 is 2.79 bits per heavy atom. The molecule has 0 radical (unpaired) electrons. The molecule has 1 atom stereocenters. The van der Waals surface area contributed by atoms with E-state index < -0.39 is 0 Å². The number of esters is 1. The van der Waals surface area contributed by atoms with E-state index in [0.29, 0.717) is 12.5 Å². The summed E-state index contributed by atoms with van der Waals surface area (Å²) < 4.78 is 4.63. The minimum Gasteiger partial charge on any atom is -0.469 e. The zero-order valence-electron chi connectivity index (χ0n) is 8.91. The molecule has 4 heteroatoms. The molecule has 82 valence electrons. The summed E-state index contributed by atoms with van der Waals surface area (Å²) in [5.41, 5.74) is 0. The van der Waals surface area contributed by atoms with Crippen LogP contribution >= 0.6 is 11.8 Å². The average Bonchev–Trinajstić information content (AvgIpc) is 2.19. The Hall–Kier alpha value is -0.220. The Kier molecular flexibility index (Phi) is 5.33. The molecule has 0 bridgehead atoms. The lowest BCUT2D eigenvalue weighted by atomic mass is 10.1. The molecule has 0 aromatic carbocycles. The van der Waals surface area contributed by atoms with Gasteiger partial charge in [-0.05, 0) is 31.3 Å². The number of nitrogens with one attached hydrogen (secondary N) is 1. The molecule has 0 aliphatic carbocycles. The molecule has 0 aromatic rings. The number of thioether (sulfide) groups is 1. The zero-order chi connectivity index (χ0) is 10.4. The topological polar surface area (TPSA) is 38.3 Å². The third-order valence-corrected chi connectivity index (χ3v) is 3.49. The van der Waals surface area contributed by atoms with E-state index in [9.17, 15) is 4.79 Å². The minimum absolute atomic E-state index is 0.129. The van der Waals surface area contributed by atoms with Gasteiger partial charge >= 0.3 is 5.97 Å². The van der Waals surface area contributed by atoms with Crippen LogP contribution in [0.15, 0.2) is 0 Å². The molecule has 0 spiro atoms.